The number of ether oxygens (including phenoxy) is 2. The number of nitrogens with zero attached hydrogens (tertiary/aromatic N) is 5. The molecular weight excluding hydrogens is 536 g/mol. The lowest BCUT2D eigenvalue weighted by Gasteiger charge is -2.49. The number of hydrogen-bond donors (Lipinski definition) is 1. The number of hydrogen-bond acceptors (Lipinski definition) is 7. The standard InChI is InChI=1S/C27H33BrN6O3/c1-4-32-16-19-7-5-18(15-34(19)26(35)27(32)9-10-27)25-31-23(28)22-24(29-11-12-33(22)25)30-14-17-6-8-20(36-2)13-21(17)37-3/h6,8,11-13,18-19H,4-5,7,9-10,14-16H2,1-3H3,(H,29,30)/t18-,19+/m1/s1. The van der Waals surface area contributed by atoms with Gasteiger partial charge in [0.15, 0.2) is 5.82 Å². The summed E-state index contributed by atoms with van der Waals surface area (Å²) in [6.07, 6.45) is 7.76. The number of aromatic nitrogens is 3. The summed E-state index contributed by atoms with van der Waals surface area (Å²) in [5.74, 6) is 3.73. The number of halogens is 1. The first-order valence-corrected chi connectivity index (χ1v) is 13.8. The molecule has 0 bridgehead atoms. The van der Waals surface area contributed by atoms with Crippen LogP contribution in [0.5, 0.6) is 11.5 Å². The molecule has 2 atom stereocenters. The maximum atomic E-state index is 13.5. The van der Waals surface area contributed by atoms with E-state index in [1.165, 1.54) is 0 Å². The third-order valence-electron chi connectivity index (χ3n) is 8.35. The molecule has 6 rings (SSSR count). The highest BCUT2D eigenvalue weighted by Crippen LogP contribution is 2.48. The first-order valence-electron chi connectivity index (χ1n) is 13.0. The molecule has 2 aliphatic heterocycles. The summed E-state index contributed by atoms with van der Waals surface area (Å²) in [7, 11) is 3.30. The van der Waals surface area contributed by atoms with Gasteiger partial charge in [-0.3, -0.25) is 14.1 Å². The SMILES string of the molecule is CCN1C[C@@H]2CC[C@@H](c3nc(Br)c4c(NCc5ccc(OC)cc5OC)nccn34)CN2C(=O)C12CC2. The molecule has 0 radical (unpaired) electrons. The van der Waals surface area contributed by atoms with Crippen molar-refractivity contribution >= 4 is 33.2 Å². The van der Waals surface area contributed by atoms with Crippen LogP contribution in [-0.4, -0.2) is 75.5 Å². The van der Waals surface area contributed by atoms with Crippen LogP contribution in [0.3, 0.4) is 0 Å². The van der Waals surface area contributed by atoms with Gasteiger partial charge in [0, 0.05) is 55.6 Å². The number of carbonyl (C=O) groups is 1. The molecule has 1 spiro atoms. The van der Waals surface area contributed by atoms with Gasteiger partial charge in [0.2, 0.25) is 5.91 Å². The number of amides is 1. The predicted octanol–water partition coefficient (Wildman–Crippen LogP) is 4.06. The third kappa shape index (κ3) is 4.05. The number of methoxy groups -OCH3 is 2. The van der Waals surface area contributed by atoms with Crippen molar-refractivity contribution in [1.29, 1.82) is 0 Å². The van der Waals surface area contributed by atoms with Crippen LogP contribution >= 0.6 is 15.9 Å². The van der Waals surface area contributed by atoms with Gasteiger partial charge in [-0.2, -0.15) is 0 Å². The number of carbonyl (C=O) groups excluding carboxylic acids is 1. The topological polar surface area (TPSA) is 84.2 Å². The van der Waals surface area contributed by atoms with E-state index in [2.05, 4.69) is 47.4 Å². The first kappa shape index (κ1) is 24.5. The zero-order valence-electron chi connectivity index (χ0n) is 21.5. The Morgan fingerprint density at radius 2 is 2.03 bits per heavy atom. The van der Waals surface area contributed by atoms with E-state index < -0.39 is 0 Å². The van der Waals surface area contributed by atoms with E-state index >= 15 is 0 Å². The van der Waals surface area contributed by atoms with Crippen LogP contribution in [0.15, 0.2) is 35.2 Å². The molecule has 3 fully saturated rings. The molecule has 0 unspecified atom stereocenters. The molecule has 10 heteroatoms. The van der Waals surface area contributed by atoms with Crippen molar-refractivity contribution < 1.29 is 14.3 Å². The first-order chi connectivity index (χ1) is 18.0. The van der Waals surface area contributed by atoms with Crippen molar-refractivity contribution in [2.75, 3.05) is 39.2 Å². The number of piperazine rings is 1. The van der Waals surface area contributed by atoms with Gasteiger partial charge in [-0.25, -0.2) is 9.97 Å². The number of rotatable bonds is 7. The van der Waals surface area contributed by atoms with Gasteiger partial charge in [-0.15, -0.1) is 0 Å². The number of piperidine rings is 1. The van der Waals surface area contributed by atoms with Gasteiger partial charge in [0.25, 0.3) is 0 Å². The van der Waals surface area contributed by atoms with E-state index in [4.69, 9.17) is 14.5 Å². The van der Waals surface area contributed by atoms with E-state index in [1.54, 1.807) is 20.4 Å². The summed E-state index contributed by atoms with van der Waals surface area (Å²) in [4.78, 5) is 27.7. The van der Waals surface area contributed by atoms with Crippen molar-refractivity contribution in [3.05, 3.63) is 46.6 Å². The Balaban J connectivity index is 1.25. The van der Waals surface area contributed by atoms with Crippen LogP contribution in [0.1, 0.15) is 49.9 Å². The van der Waals surface area contributed by atoms with Gasteiger partial charge in [0.05, 0.1) is 14.2 Å². The lowest BCUT2D eigenvalue weighted by atomic mass is 9.88. The van der Waals surface area contributed by atoms with Crippen molar-refractivity contribution in [2.45, 2.75) is 56.7 Å². The molecule has 3 aliphatic rings. The summed E-state index contributed by atoms with van der Waals surface area (Å²) in [5, 5.41) is 3.46. The Hall–Kier alpha value is -2.85. The monoisotopic (exact) mass is 568 g/mol. The van der Waals surface area contributed by atoms with Crippen LogP contribution in [-0.2, 0) is 11.3 Å². The van der Waals surface area contributed by atoms with Crippen molar-refractivity contribution in [1.82, 2.24) is 24.2 Å². The third-order valence-corrected chi connectivity index (χ3v) is 8.91. The summed E-state index contributed by atoms with van der Waals surface area (Å²) >= 11 is 3.69. The van der Waals surface area contributed by atoms with Crippen LogP contribution in [0.4, 0.5) is 5.82 Å². The lowest BCUT2D eigenvalue weighted by molar-refractivity contribution is -0.151. The Labute approximate surface area is 225 Å². The fraction of sp³-hybridized carbons (Fsp3) is 0.519. The number of likely N-dealkylation sites (N-methyl/N-ethyl adjacent to an activating group) is 1. The van der Waals surface area contributed by atoms with Crippen LogP contribution in [0.2, 0.25) is 0 Å². The summed E-state index contributed by atoms with van der Waals surface area (Å²) in [6, 6.07) is 6.09. The average molecular weight is 570 g/mol. The van der Waals surface area contributed by atoms with Crippen molar-refractivity contribution in [2.24, 2.45) is 0 Å². The van der Waals surface area contributed by atoms with E-state index in [-0.39, 0.29) is 11.5 Å². The average Bonchev–Trinajstić information content (AvgIpc) is 3.66. The second kappa shape index (κ2) is 9.47. The van der Waals surface area contributed by atoms with Crippen LogP contribution < -0.4 is 14.8 Å². The molecule has 37 heavy (non-hydrogen) atoms. The number of nitrogens with one attached hydrogen (secondary N) is 1. The highest BCUT2D eigenvalue weighted by atomic mass is 79.9. The molecule has 1 N–H and O–H groups in total. The smallest absolute Gasteiger partial charge is 0.243 e. The molecule has 9 nitrogen and oxygen atoms in total. The van der Waals surface area contributed by atoms with Crippen molar-refractivity contribution in [3.8, 4) is 11.5 Å². The zero-order valence-corrected chi connectivity index (χ0v) is 23.1. The summed E-state index contributed by atoms with van der Waals surface area (Å²) in [6.45, 7) is 5.38. The Bertz CT molecular complexity index is 1340. The van der Waals surface area contributed by atoms with E-state index in [9.17, 15) is 4.79 Å². The Morgan fingerprint density at radius 1 is 1.19 bits per heavy atom. The molecule has 1 aromatic carbocycles. The number of imidazole rings is 1. The number of benzene rings is 1. The van der Waals surface area contributed by atoms with E-state index in [0.717, 1.165) is 84.1 Å². The van der Waals surface area contributed by atoms with Gasteiger partial charge < -0.3 is 19.7 Å². The molecule has 1 saturated carbocycles. The molecule has 196 valence electrons. The molecule has 2 saturated heterocycles. The molecule has 1 aliphatic carbocycles. The van der Waals surface area contributed by atoms with Gasteiger partial charge in [0.1, 0.15) is 33.0 Å². The number of fused-ring (bicyclic) bond motifs is 2. The molecule has 3 aromatic rings. The van der Waals surface area contributed by atoms with Crippen LogP contribution in [0, 0.1) is 0 Å². The minimum absolute atomic E-state index is 0.180. The second-order valence-corrected chi connectivity index (χ2v) is 11.0. The molecule has 2 aromatic heterocycles. The largest absolute Gasteiger partial charge is 0.497 e. The van der Waals surface area contributed by atoms with E-state index in [1.807, 2.05) is 24.4 Å². The second-order valence-electron chi connectivity index (χ2n) is 10.2. The maximum absolute atomic E-state index is 13.5. The fourth-order valence-electron chi connectivity index (χ4n) is 6.20. The highest BCUT2D eigenvalue weighted by Gasteiger charge is 2.60. The minimum Gasteiger partial charge on any atom is -0.497 e. The molecule has 1 amide bonds. The van der Waals surface area contributed by atoms with Crippen LogP contribution in [0.25, 0.3) is 5.52 Å². The quantitative estimate of drug-likeness (QED) is 0.460. The van der Waals surface area contributed by atoms with Crippen molar-refractivity contribution in [3.63, 3.8) is 0 Å². The van der Waals surface area contributed by atoms with Gasteiger partial charge >= 0.3 is 0 Å². The Kier molecular flexibility index (Phi) is 6.27. The maximum Gasteiger partial charge on any atom is 0.243 e. The fourth-order valence-corrected chi connectivity index (χ4v) is 6.76. The minimum atomic E-state index is -0.230. The normalized spacial score (nSPS) is 22.8. The summed E-state index contributed by atoms with van der Waals surface area (Å²) < 4.78 is 13.7. The van der Waals surface area contributed by atoms with Gasteiger partial charge in [-0.1, -0.05) is 6.92 Å². The Morgan fingerprint density at radius 3 is 2.76 bits per heavy atom. The highest BCUT2D eigenvalue weighted by molar-refractivity contribution is 9.10. The van der Waals surface area contributed by atoms with E-state index in [0.29, 0.717) is 18.5 Å². The molecule has 4 heterocycles. The lowest BCUT2D eigenvalue weighted by Crippen LogP contribution is -2.65. The number of anilines is 1. The molecular formula is C27H33BrN6O3. The predicted molar refractivity (Wildman–Crippen MR) is 144 cm³/mol. The zero-order chi connectivity index (χ0) is 25.7. The summed E-state index contributed by atoms with van der Waals surface area (Å²) in [5.41, 5.74) is 1.67. The van der Waals surface area contributed by atoms with Gasteiger partial charge in [-0.05, 0) is 60.3 Å².